The molecule has 2 heterocycles. The van der Waals surface area contributed by atoms with Crippen LogP contribution in [-0.4, -0.2) is 60.8 Å². The summed E-state index contributed by atoms with van der Waals surface area (Å²) in [5.41, 5.74) is 0. The van der Waals surface area contributed by atoms with E-state index in [1.165, 1.54) is 10.1 Å². The van der Waals surface area contributed by atoms with E-state index in [2.05, 4.69) is 43.8 Å². The molecular weight excluding hydrogens is 316 g/mol. The molecule has 1 aromatic heterocycles. The Balaban J connectivity index is 1.59. The van der Waals surface area contributed by atoms with Crippen LogP contribution < -0.4 is 10.2 Å². The Morgan fingerprint density at radius 1 is 1.32 bits per heavy atom. The number of hydrogen-bond donors (Lipinski definition) is 1. The third kappa shape index (κ3) is 3.31. The number of ether oxygens (including phenoxy) is 1. The molecule has 1 aliphatic heterocycles. The number of piperazine rings is 1. The topological polar surface area (TPSA) is 40.6 Å². The number of rotatable bonds is 4. The van der Waals surface area contributed by atoms with Crippen LogP contribution in [0.25, 0.3) is 10.1 Å². The Kier molecular flexibility index (Phi) is 5.07. The maximum atomic E-state index is 5.43. The van der Waals surface area contributed by atoms with Gasteiger partial charge in [-0.15, -0.1) is 0 Å². The number of nitrogens with zero attached hydrogens (tertiary/aromatic N) is 3. The van der Waals surface area contributed by atoms with Crippen LogP contribution in [0, 0.1) is 0 Å². The van der Waals surface area contributed by atoms with Gasteiger partial charge in [-0.3, -0.25) is 0 Å². The van der Waals surface area contributed by atoms with Crippen molar-refractivity contribution in [3.05, 3.63) is 24.3 Å². The van der Waals surface area contributed by atoms with Crippen LogP contribution in [0.2, 0.25) is 0 Å². The molecule has 5 nitrogen and oxygen atoms in total. The molecule has 0 aliphatic carbocycles. The highest BCUT2D eigenvalue weighted by atomic mass is 32.1. The van der Waals surface area contributed by atoms with Crippen LogP contribution in [0.4, 0.5) is 5.82 Å². The second-order valence-electron chi connectivity index (χ2n) is 5.20. The maximum absolute atomic E-state index is 5.43. The fraction of sp³-hybridized carbons (Fsp3) is 0.467. The number of benzene rings is 1. The van der Waals surface area contributed by atoms with Gasteiger partial charge in [-0.1, -0.05) is 12.1 Å². The molecule has 0 radical (unpaired) electrons. The molecule has 22 heavy (non-hydrogen) atoms. The molecule has 1 saturated heterocycles. The lowest BCUT2D eigenvalue weighted by Gasteiger charge is -2.36. The number of fused-ring (bicyclic) bond motifs is 1. The lowest BCUT2D eigenvalue weighted by Crippen LogP contribution is -2.52. The Labute approximate surface area is 140 Å². The summed E-state index contributed by atoms with van der Waals surface area (Å²) >= 11 is 7.00. The summed E-state index contributed by atoms with van der Waals surface area (Å²) in [5, 5.41) is 5.30. The Morgan fingerprint density at radius 2 is 2.09 bits per heavy atom. The first kappa shape index (κ1) is 15.5. The van der Waals surface area contributed by atoms with E-state index in [9.17, 15) is 0 Å². The zero-order chi connectivity index (χ0) is 15.4. The van der Waals surface area contributed by atoms with Gasteiger partial charge < -0.3 is 19.9 Å². The minimum Gasteiger partial charge on any atom is -0.383 e. The number of hydrogen-bond acceptors (Lipinski definition) is 5. The van der Waals surface area contributed by atoms with Gasteiger partial charge >= 0.3 is 0 Å². The van der Waals surface area contributed by atoms with Crippen molar-refractivity contribution in [1.29, 1.82) is 0 Å². The number of aromatic nitrogens is 1. The zero-order valence-corrected chi connectivity index (χ0v) is 14.3. The van der Waals surface area contributed by atoms with Gasteiger partial charge in [0.15, 0.2) is 5.11 Å². The standard InChI is InChI=1S/C15H20N4OS2/c1-20-11-6-16-15(21)19-9-7-18(8-10-19)14-12-4-2-3-5-13(12)22-17-14/h2-5H,6-11H2,1H3,(H,16,21). The van der Waals surface area contributed by atoms with Crippen molar-refractivity contribution >= 4 is 44.8 Å². The quantitative estimate of drug-likeness (QED) is 0.680. The normalized spacial score (nSPS) is 15.3. The monoisotopic (exact) mass is 336 g/mol. The number of nitrogens with one attached hydrogen (secondary N) is 1. The first-order valence-corrected chi connectivity index (χ1v) is 8.59. The van der Waals surface area contributed by atoms with Crippen LogP contribution in [0.3, 0.4) is 0 Å². The Morgan fingerprint density at radius 3 is 2.86 bits per heavy atom. The maximum Gasteiger partial charge on any atom is 0.169 e. The van der Waals surface area contributed by atoms with Crippen molar-refractivity contribution in [1.82, 2.24) is 14.6 Å². The highest BCUT2D eigenvalue weighted by molar-refractivity contribution is 7.80. The van der Waals surface area contributed by atoms with E-state index in [1.807, 2.05) is 0 Å². The Hall–Kier alpha value is -1.44. The molecule has 7 heteroatoms. The molecule has 0 saturated carbocycles. The average molecular weight is 336 g/mol. The third-order valence-corrected chi connectivity index (χ3v) is 5.03. The van der Waals surface area contributed by atoms with Crippen LogP contribution in [0.1, 0.15) is 0 Å². The molecule has 1 aliphatic rings. The molecule has 3 rings (SSSR count). The summed E-state index contributed by atoms with van der Waals surface area (Å²) in [4.78, 5) is 4.57. The molecule has 118 valence electrons. The lowest BCUT2D eigenvalue weighted by atomic mass is 10.2. The van der Waals surface area contributed by atoms with Crippen molar-refractivity contribution in [2.75, 3.05) is 51.3 Å². The molecule has 0 atom stereocenters. The van der Waals surface area contributed by atoms with Gasteiger partial charge in [0.2, 0.25) is 0 Å². The van der Waals surface area contributed by atoms with Crippen molar-refractivity contribution in [3.8, 4) is 0 Å². The predicted octanol–water partition coefficient (Wildman–Crippen LogP) is 1.94. The largest absolute Gasteiger partial charge is 0.383 e. The molecule has 0 bridgehead atoms. The second-order valence-corrected chi connectivity index (χ2v) is 6.39. The number of anilines is 1. The van der Waals surface area contributed by atoms with Gasteiger partial charge in [-0.25, -0.2) is 0 Å². The molecule has 1 aromatic carbocycles. The van der Waals surface area contributed by atoms with E-state index in [0.717, 1.165) is 43.7 Å². The molecule has 2 aromatic rings. The number of methoxy groups -OCH3 is 1. The third-order valence-electron chi connectivity index (χ3n) is 3.81. The molecule has 0 spiro atoms. The van der Waals surface area contributed by atoms with Gasteiger partial charge in [0, 0.05) is 45.2 Å². The summed E-state index contributed by atoms with van der Waals surface area (Å²) in [6.45, 7) is 5.16. The van der Waals surface area contributed by atoms with Crippen molar-refractivity contribution in [2.24, 2.45) is 0 Å². The smallest absolute Gasteiger partial charge is 0.169 e. The van der Waals surface area contributed by atoms with Gasteiger partial charge in [-0.2, -0.15) is 4.37 Å². The molecule has 0 amide bonds. The van der Waals surface area contributed by atoms with Crippen molar-refractivity contribution < 1.29 is 4.74 Å². The zero-order valence-electron chi connectivity index (χ0n) is 12.6. The SMILES string of the molecule is COCCNC(=S)N1CCN(c2nsc3ccccc23)CC1. The summed E-state index contributed by atoms with van der Waals surface area (Å²) < 4.78 is 10.9. The lowest BCUT2D eigenvalue weighted by molar-refractivity contribution is 0.202. The second kappa shape index (κ2) is 7.21. The molecular formula is C15H20N4OS2. The van der Waals surface area contributed by atoms with E-state index >= 15 is 0 Å². The van der Waals surface area contributed by atoms with E-state index in [1.54, 1.807) is 18.6 Å². The van der Waals surface area contributed by atoms with Crippen LogP contribution >= 0.6 is 23.8 Å². The van der Waals surface area contributed by atoms with E-state index in [0.29, 0.717) is 6.61 Å². The van der Waals surface area contributed by atoms with Gasteiger partial charge in [0.05, 0.1) is 11.3 Å². The fourth-order valence-electron chi connectivity index (χ4n) is 2.59. The highest BCUT2D eigenvalue weighted by Crippen LogP contribution is 2.29. The predicted molar refractivity (Wildman–Crippen MR) is 95.9 cm³/mol. The summed E-state index contributed by atoms with van der Waals surface area (Å²) in [6.07, 6.45) is 0. The number of thiocarbonyl (C=S) groups is 1. The van der Waals surface area contributed by atoms with Gasteiger partial charge in [0.25, 0.3) is 0 Å². The first-order valence-electron chi connectivity index (χ1n) is 7.40. The summed E-state index contributed by atoms with van der Waals surface area (Å²) in [5.74, 6) is 1.11. The Bertz CT molecular complexity index is 637. The van der Waals surface area contributed by atoms with E-state index in [4.69, 9.17) is 17.0 Å². The first-order chi connectivity index (χ1) is 10.8. The van der Waals surface area contributed by atoms with Gasteiger partial charge in [-0.05, 0) is 35.9 Å². The minimum atomic E-state index is 0.672. The molecule has 0 unspecified atom stereocenters. The average Bonchev–Trinajstić information content (AvgIpc) is 2.99. The minimum absolute atomic E-state index is 0.672. The summed E-state index contributed by atoms with van der Waals surface area (Å²) in [7, 11) is 1.70. The fourth-order valence-corrected chi connectivity index (χ4v) is 3.67. The van der Waals surface area contributed by atoms with E-state index in [-0.39, 0.29) is 0 Å². The van der Waals surface area contributed by atoms with Gasteiger partial charge in [0.1, 0.15) is 5.82 Å². The van der Waals surface area contributed by atoms with Crippen LogP contribution in [-0.2, 0) is 4.74 Å². The molecule has 1 fully saturated rings. The van der Waals surface area contributed by atoms with Crippen LogP contribution in [0.15, 0.2) is 24.3 Å². The van der Waals surface area contributed by atoms with Crippen LogP contribution in [0.5, 0.6) is 0 Å². The van der Waals surface area contributed by atoms with Crippen molar-refractivity contribution in [2.45, 2.75) is 0 Å². The highest BCUT2D eigenvalue weighted by Gasteiger charge is 2.21. The van der Waals surface area contributed by atoms with E-state index < -0.39 is 0 Å². The molecule has 1 N–H and O–H groups in total. The summed E-state index contributed by atoms with van der Waals surface area (Å²) in [6, 6.07) is 8.41. The van der Waals surface area contributed by atoms with Crippen molar-refractivity contribution in [3.63, 3.8) is 0 Å².